The Labute approximate surface area is 137 Å². The van der Waals surface area contributed by atoms with Gasteiger partial charge in [-0.3, -0.25) is 14.9 Å². The van der Waals surface area contributed by atoms with Crippen LogP contribution in [0, 0.1) is 0 Å². The molecule has 0 unspecified atom stereocenters. The molecule has 0 aliphatic rings. The molecule has 2 aromatic carbocycles. The van der Waals surface area contributed by atoms with E-state index >= 15 is 0 Å². The Morgan fingerprint density at radius 3 is 2.54 bits per heavy atom. The van der Waals surface area contributed by atoms with E-state index in [0.29, 0.717) is 27.9 Å². The average Bonchev–Trinajstić information content (AvgIpc) is 2.98. The van der Waals surface area contributed by atoms with E-state index in [1.54, 1.807) is 26.5 Å². The monoisotopic (exact) mass is 321 g/mol. The molecule has 6 heteroatoms. The third-order valence-electron chi connectivity index (χ3n) is 4.04. The Bertz CT molecular complexity index is 1100. The predicted molar refractivity (Wildman–Crippen MR) is 92.3 cm³/mol. The Balaban J connectivity index is 2.10. The third kappa shape index (κ3) is 2.04. The van der Waals surface area contributed by atoms with E-state index in [1.165, 1.54) is 4.68 Å². The number of para-hydroxylation sites is 1. The van der Waals surface area contributed by atoms with Crippen molar-refractivity contribution in [3.05, 3.63) is 59.0 Å². The van der Waals surface area contributed by atoms with Crippen molar-refractivity contribution in [3.63, 3.8) is 0 Å². The van der Waals surface area contributed by atoms with Gasteiger partial charge in [-0.1, -0.05) is 18.2 Å². The predicted octanol–water partition coefficient (Wildman–Crippen LogP) is 2.88. The van der Waals surface area contributed by atoms with Gasteiger partial charge in [-0.05, 0) is 18.2 Å². The minimum Gasteiger partial charge on any atom is -0.497 e. The standard InChI is InChI=1S/C18H15N3O3/c1-23-12-8-13-16-14(10-19-17(13)15(9-12)24-2)18(22)21(20-16)11-6-4-3-5-7-11/h3-10,20H,1-2H3. The molecule has 0 saturated heterocycles. The second-order valence-electron chi connectivity index (χ2n) is 5.36. The maximum absolute atomic E-state index is 12.7. The first-order valence-corrected chi connectivity index (χ1v) is 7.44. The molecule has 1 N–H and O–H groups in total. The summed E-state index contributed by atoms with van der Waals surface area (Å²) in [6.07, 6.45) is 1.57. The highest BCUT2D eigenvalue weighted by atomic mass is 16.5. The van der Waals surface area contributed by atoms with Crippen LogP contribution in [0.25, 0.3) is 27.5 Å². The van der Waals surface area contributed by atoms with Crippen molar-refractivity contribution >= 4 is 21.8 Å². The number of nitrogens with zero attached hydrogens (tertiary/aromatic N) is 2. The van der Waals surface area contributed by atoms with E-state index in [-0.39, 0.29) is 5.56 Å². The fourth-order valence-corrected chi connectivity index (χ4v) is 2.84. The van der Waals surface area contributed by atoms with Crippen LogP contribution in [-0.2, 0) is 0 Å². The van der Waals surface area contributed by atoms with Crippen molar-refractivity contribution in [2.24, 2.45) is 0 Å². The van der Waals surface area contributed by atoms with Gasteiger partial charge in [0.1, 0.15) is 17.0 Å². The van der Waals surface area contributed by atoms with E-state index in [0.717, 1.165) is 11.1 Å². The maximum Gasteiger partial charge on any atom is 0.280 e. The Kier molecular flexibility index (Phi) is 3.23. The summed E-state index contributed by atoms with van der Waals surface area (Å²) in [4.78, 5) is 17.1. The number of nitrogens with one attached hydrogen (secondary N) is 1. The van der Waals surface area contributed by atoms with Crippen LogP contribution in [0.3, 0.4) is 0 Å². The minimum atomic E-state index is -0.146. The molecule has 0 aliphatic carbocycles. The summed E-state index contributed by atoms with van der Waals surface area (Å²) in [7, 11) is 3.17. The number of fused-ring (bicyclic) bond motifs is 3. The lowest BCUT2D eigenvalue weighted by Gasteiger charge is -2.08. The number of aromatic nitrogens is 3. The lowest BCUT2D eigenvalue weighted by Crippen LogP contribution is -2.13. The first-order valence-electron chi connectivity index (χ1n) is 7.44. The molecular formula is C18H15N3O3. The summed E-state index contributed by atoms with van der Waals surface area (Å²) in [5.74, 6) is 1.24. The molecule has 24 heavy (non-hydrogen) atoms. The summed E-state index contributed by atoms with van der Waals surface area (Å²) in [6.45, 7) is 0. The number of benzene rings is 2. The first-order chi connectivity index (χ1) is 11.7. The first kappa shape index (κ1) is 14.3. The van der Waals surface area contributed by atoms with E-state index in [2.05, 4.69) is 10.1 Å². The van der Waals surface area contributed by atoms with Crippen LogP contribution >= 0.6 is 0 Å². The Hall–Kier alpha value is -3.28. The number of pyridine rings is 1. The van der Waals surface area contributed by atoms with E-state index in [1.807, 2.05) is 36.4 Å². The van der Waals surface area contributed by atoms with Crippen molar-refractivity contribution in [2.75, 3.05) is 14.2 Å². The molecule has 0 saturated carbocycles. The number of hydrogen-bond donors (Lipinski definition) is 1. The van der Waals surface area contributed by atoms with Crippen molar-refractivity contribution in [1.82, 2.24) is 14.8 Å². The summed E-state index contributed by atoms with van der Waals surface area (Å²) in [6, 6.07) is 13.0. The number of ether oxygens (including phenoxy) is 2. The number of hydrogen-bond acceptors (Lipinski definition) is 4. The summed E-state index contributed by atoms with van der Waals surface area (Å²) in [5.41, 5.74) is 1.99. The lowest BCUT2D eigenvalue weighted by atomic mass is 10.1. The minimum absolute atomic E-state index is 0.146. The molecule has 0 spiro atoms. The highest BCUT2D eigenvalue weighted by Crippen LogP contribution is 2.32. The molecule has 0 atom stereocenters. The van der Waals surface area contributed by atoms with E-state index < -0.39 is 0 Å². The number of methoxy groups -OCH3 is 2. The second-order valence-corrected chi connectivity index (χ2v) is 5.36. The molecule has 4 aromatic rings. The molecule has 6 nitrogen and oxygen atoms in total. The highest BCUT2D eigenvalue weighted by Gasteiger charge is 2.15. The largest absolute Gasteiger partial charge is 0.497 e. The lowest BCUT2D eigenvalue weighted by molar-refractivity contribution is 0.397. The molecular weight excluding hydrogens is 306 g/mol. The van der Waals surface area contributed by atoms with Gasteiger partial charge in [0.15, 0.2) is 0 Å². The van der Waals surface area contributed by atoms with Crippen LogP contribution < -0.4 is 15.0 Å². The van der Waals surface area contributed by atoms with Crippen LogP contribution in [0.2, 0.25) is 0 Å². The highest BCUT2D eigenvalue weighted by molar-refractivity contribution is 6.05. The van der Waals surface area contributed by atoms with Crippen LogP contribution in [0.5, 0.6) is 11.5 Å². The van der Waals surface area contributed by atoms with Gasteiger partial charge in [-0.15, -0.1) is 0 Å². The van der Waals surface area contributed by atoms with Gasteiger partial charge in [0.05, 0.1) is 30.8 Å². The molecule has 0 radical (unpaired) electrons. The SMILES string of the molecule is COc1cc(OC)c2ncc3c(=O)n(-c4ccccc4)[nH]c3c2c1. The molecule has 0 amide bonds. The molecule has 4 rings (SSSR count). The normalized spacial score (nSPS) is 11.1. The van der Waals surface area contributed by atoms with Gasteiger partial charge in [0.25, 0.3) is 5.56 Å². The van der Waals surface area contributed by atoms with Crippen molar-refractivity contribution < 1.29 is 9.47 Å². The zero-order chi connectivity index (χ0) is 16.7. The summed E-state index contributed by atoms with van der Waals surface area (Å²) < 4.78 is 12.2. The summed E-state index contributed by atoms with van der Waals surface area (Å²) in [5, 5.41) is 4.47. The van der Waals surface area contributed by atoms with Crippen LogP contribution in [-0.4, -0.2) is 29.0 Å². The van der Waals surface area contributed by atoms with Crippen molar-refractivity contribution in [2.45, 2.75) is 0 Å². The third-order valence-corrected chi connectivity index (χ3v) is 4.04. The van der Waals surface area contributed by atoms with Gasteiger partial charge >= 0.3 is 0 Å². The van der Waals surface area contributed by atoms with Gasteiger partial charge in [-0.25, -0.2) is 4.68 Å². The fourth-order valence-electron chi connectivity index (χ4n) is 2.84. The van der Waals surface area contributed by atoms with Gasteiger partial charge in [-0.2, -0.15) is 0 Å². The summed E-state index contributed by atoms with van der Waals surface area (Å²) >= 11 is 0. The Morgan fingerprint density at radius 2 is 1.83 bits per heavy atom. The quantitative estimate of drug-likeness (QED) is 0.630. The zero-order valence-corrected chi connectivity index (χ0v) is 13.2. The molecule has 0 aliphatic heterocycles. The maximum atomic E-state index is 12.7. The smallest absolute Gasteiger partial charge is 0.280 e. The van der Waals surface area contributed by atoms with Crippen molar-refractivity contribution in [1.29, 1.82) is 0 Å². The topological polar surface area (TPSA) is 69.1 Å². The van der Waals surface area contributed by atoms with Gasteiger partial charge in [0.2, 0.25) is 0 Å². The number of aromatic amines is 1. The molecule has 0 fully saturated rings. The van der Waals surface area contributed by atoms with Gasteiger partial charge < -0.3 is 9.47 Å². The van der Waals surface area contributed by atoms with Crippen LogP contribution in [0.4, 0.5) is 0 Å². The fraction of sp³-hybridized carbons (Fsp3) is 0.111. The average molecular weight is 321 g/mol. The molecule has 2 heterocycles. The van der Waals surface area contributed by atoms with Crippen LogP contribution in [0.1, 0.15) is 0 Å². The van der Waals surface area contributed by atoms with Gasteiger partial charge in [0, 0.05) is 17.6 Å². The van der Waals surface area contributed by atoms with Crippen molar-refractivity contribution in [3.8, 4) is 17.2 Å². The number of H-pyrrole nitrogens is 1. The number of rotatable bonds is 3. The second kappa shape index (κ2) is 5.42. The zero-order valence-electron chi connectivity index (χ0n) is 13.2. The Morgan fingerprint density at radius 1 is 1.04 bits per heavy atom. The molecule has 2 aromatic heterocycles. The van der Waals surface area contributed by atoms with E-state index in [4.69, 9.17) is 9.47 Å². The molecule has 120 valence electrons. The van der Waals surface area contributed by atoms with Crippen LogP contribution in [0.15, 0.2) is 53.5 Å². The van der Waals surface area contributed by atoms with E-state index in [9.17, 15) is 4.79 Å². The molecule has 0 bridgehead atoms.